The first-order valence-electron chi connectivity index (χ1n) is 31.0. The number of aryl methyl sites for hydroxylation is 1. The van der Waals surface area contributed by atoms with Gasteiger partial charge in [-0.15, -0.1) is 0 Å². The molecule has 0 saturated carbocycles. The summed E-state index contributed by atoms with van der Waals surface area (Å²) in [4.78, 5) is 89.6. The van der Waals surface area contributed by atoms with Gasteiger partial charge < -0.3 is 67.3 Å². The summed E-state index contributed by atoms with van der Waals surface area (Å²) >= 11 is 0. The van der Waals surface area contributed by atoms with Crippen LogP contribution in [-0.2, 0) is 62.3 Å². The summed E-state index contributed by atoms with van der Waals surface area (Å²) in [6.07, 6.45) is 2.19. The molecule has 1 aromatic carbocycles. The molecule has 27 heteroatoms. The van der Waals surface area contributed by atoms with Crippen LogP contribution in [0.15, 0.2) is 23.1 Å². The second-order valence-corrected chi connectivity index (χ2v) is 32.6. The highest BCUT2D eigenvalue weighted by molar-refractivity contribution is 8.65. The Morgan fingerprint density at radius 2 is 0.652 bits per heavy atom. The lowest BCUT2D eigenvalue weighted by Gasteiger charge is -2.33. The summed E-state index contributed by atoms with van der Waals surface area (Å²) in [6.45, 7) is 37.5. The number of carbonyl (C=O) groups is 6. The lowest BCUT2D eigenvalue weighted by atomic mass is 10.1. The van der Waals surface area contributed by atoms with Gasteiger partial charge in [0, 0.05) is 78.5 Å². The number of unbranched alkanes of at least 4 members (excludes halogenated alkanes) is 6. The van der Waals surface area contributed by atoms with Crippen molar-refractivity contribution in [1.82, 2.24) is 29.4 Å². The molecule has 0 atom stereocenters. The molecule has 0 aliphatic heterocycles. The van der Waals surface area contributed by atoms with Crippen LogP contribution in [-0.4, -0.2) is 226 Å². The quantitative estimate of drug-likeness (QED) is 0.0290. The van der Waals surface area contributed by atoms with Gasteiger partial charge in [-0.3, -0.25) is 4.55 Å². The number of ether oxygens (including phenoxy) is 8. The number of nitrogens with zero attached hydrogens (tertiary/aromatic N) is 6. The third-order valence-corrected chi connectivity index (χ3v) is 16.1. The van der Waals surface area contributed by atoms with E-state index >= 15 is 0 Å². The van der Waals surface area contributed by atoms with Crippen LogP contribution < -0.4 is 0 Å². The highest BCUT2D eigenvalue weighted by Gasteiger charge is 2.33. The number of benzene rings is 1. The van der Waals surface area contributed by atoms with Gasteiger partial charge in [0.05, 0.1) is 31.3 Å². The van der Waals surface area contributed by atoms with Gasteiger partial charge in [-0.2, -0.15) is 8.42 Å². The average molecular weight is 1310 g/mol. The van der Waals surface area contributed by atoms with E-state index in [0.29, 0.717) is 38.0 Å². The van der Waals surface area contributed by atoms with Gasteiger partial charge in [0.25, 0.3) is 0 Å². The Morgan fingerprint density at radius 3 is 0.955 bits per heavy atom. The lowest BCUT2D eigenvalue weighted by Crippen LogP contribution is -2.48. The van der Waals surface area contributed by atoms with E-state index in [-0.39, 0.29) is 97.3 Å². The molecule has 516 valence electrons. The van der Waals surface area contributed by atoms with Crippen LogP contribution >= 0.6 is 0 Å². The number of hydrogen-bond donors (Lipinski definition) is 1. The molecule has 0 fully saturated rings. The molecule has 1 rings (SSSR count). The zero-order chi connectivity index (χ0) is 68.4. The van der Waals surface area contributed by atoms with E-state index in [0.717, 1.165) is 38.2 Å². The first-order chi connectivity index (χ1) is 40.6. The Kier molecular flexibility index (Phi) is 33.6. The summed E-state index contributed by atoms with van der Waals surface area (Å²) in [5.74, 6) is 0. The van der Waals surface area contributed by atoms with Crippen molar-refractivity contribution in [2.45, 2.75) is 228 Å². The monoisotopic (exact) mass is 1310 g/mol. The standard InChI is InChI=1S/C62H112N6O19S2/c1-21-63(51(69)82-57(3,4)5)34-35-66(54(72)85-60(12,13)14)38-36-64(52(70)83-58(6,7)8)32-27-25-23-22-24-26-28-33-65(53(71)84-59(9,10)11)37-39-67(55(73)86-61(15,16)17)40-41-68(56(74)87-62(18,19)20)42-44-81-46-45-80-43-31-49-47-48(2)29-30-50(49)88(75,76)89(77,78)79/h29-30,47H,21-28,31-46H2,1-20H3,(H,77,78,79). The summed E-state index contributed by atoms with van der Waals surface area (Å²) in [5, 5.41) is 0. The van der Waals surface area contributed by atoms with Crippen LogP contribution in [0.1, 0.15) is 188 Å². The summed E-state index contributed by atoms with van der Waals surface area (Å²) in [6, 6.07) is 4.05. The molecule has 25 nitrogen and oxygen atoms in total. The third kappa shape index (κ3) is 36.3. The molecule has 1 N–H and O–H groups in total. The lowest BCUT2D eigenvalue weighted by molar-refractivity contribution is 0.00230. The molecule has 89 heavy (non-hydrogen) atoms. The van der Waals surface area contributed by atoms with Crippen molar-refractivity contribution < 1.29 is 88.1 Å². The average Bonchev–Trinajstić information content (AvgIpc) is 0.836. The topological polar surface area (TPSA) is 284 Å². The smallest absolute Gasteiger partial charge is 0.410 e. The number of likely N-dealkylation sites (N-methyl/N-ethyl adjacent to an activating group) is 1. The third-order valence-electron chi connectivity index (χ3n) is 12.4. The van der Waals surface area contributed by atoms with Crippen LogP contribution in [0.3, 0.4) is 0 Å². The van der Waals surface area contributed by atoms with E-state index in [4.69, 9.17) is 37.9 Å². The van der Waals surface area contributed by atoms with Crippen molar-refractivity contribution >= 4 is 54.6 Å². The minimum Gasteiger partial charge on any atom is -0.444 e. The van der Waals surface area contributed by atoms with E-state index < -0.39 is 93.1 Å². The number of rotatable bonds is 34. The molecule has 0 unspecified atom stereocenters. The SMILES string of the molecule is CCN(CCN(CCN(CCCCCCCCCN(CCN(CCN(CCOCCOCCc1cc(C)ccc1S(=O)(=O)S(=O)(=O)O)C(=O)OC(C)(C)C)C(=O)OC(C)(C)C)C(=O)OC(C)(C)C)C(=O)OC(C)(C)C)C(=O)OC(C)(C)C)C(=O)OC(C)(C)C. The van der Waals surface area contributed by atoms with Crippen LogP contribution in [0.2, 0.25) is 0 Å². The number of carbonyl (C=O) groups excluding carboxylic acids is 6. The Balaban J connectivity index is 3.06. The van der Waals surface area contributed by atoms with Crippen LogP contribution in [0.25, 0.3) is 0 Å². The van der Waals surface area contributed by atoms with Gasteiger partial charge in [0.15, 0.2) is 0 Å². The normalized spacial score (nSPS) is 12.6. The first-order valence-corrected chi connectivity index (χ1v) is 34.4. The van der Waals surface area contributed by atoms with Crippen molar-refractivity contribution in [2.24, 2.45) is 0 Å². The number of hydrogen-bond acceptors (Lipinski definition) is 18. The predicted molar refractivity (Wildman–Crippen MR) is 340 cm³/mol. The Morgan fingerprint density at radius 1 is 0.382 bits per heavy atom. The largest absolute Gasteiger partial charge is 0.444 e. The molecule has 0 spiro atoms. The molecule has 0 radical (unpaired) electrons. The van der Waals surface area contributed by atoms with Gasteiger partial charge in [0.1, 0.15) is 33.6 Å². The molecule has 0 heterocycles. The Bertz CT molecular complexity index is 2600. The van der Waals surface area contributed by atoms with Crippen LogP contribution in [0.5, 0.6) is 0 Å². The van der Waals surface area contributed by atoms with E-state index in [1.54, 1.807) is 141 Å². The van der Waals surface area contributed by atoms with E-state index in [1.807, 2.05) is 6.92 Å². The van der Waals surface area contributed by atoms with E-state index in [9.17, 15) is 50.2 Å². The highest BCUT2D eigenvalue weighted by atomic mass is 33.2. The Labute approximate surface area is 532 Å². The molecular weight excluding hydrogens is 1200 g/mol. The molecule has 0 bridgehead atoms. The molecule has 0 saturated heterocycles. The molecular formula is C62H112N6O19S2. The second kappa shape index (κ2) is 36.6. The van der Waals surface area contributed by atoms with Gasteiger partial charge in [-0.25, -0.2) is 37.2 Å². The number of amides is 6. The minimum atomic E-state index is -5.41. The zero-order valence-corrected chi connectivity index (χ0v) is 59.1. The first kappa shape index (κ1) is 81.6. The van der Waals surface area contributed by atoms with Crippen molar-refractivity contribution in [2.75, 3.05) is 105 Å². The highest BCUT2D eigenvalue weighted by Crippen LogP contribution is 2.24. The summed E-state index contributed by atoms with van der Waals surface area (Å²) in [7, 11) is -10.5. The van der Waals surface area contributed by atoms with Gasteiger partial charge in [0.2, 0.25) is 0 Å². The zero-order valence-electron chi connectivity index (χ0n) is 57.5. The molecule has 1 aromatic rings. The molecule has 6 amide bonds. The van der Waals surface area contributed by atoms with Crippen LogP contribution in [0.4, 0.5) is 28.8 Å². The van der Waals surface area contributed by atoms with Crippen LogP contribution in [0, 0.1) is 6.92 Å². The summed E-state index contributed by atoms with van der Waals surface area (Å²) in [5.41, 5.74) is -3.92. The van der Waals surface area contributed by atoms with Crippen molar-refractivity contribution in [1.29, 1.82) is 0 Å². The molecule has 0 aliphatic rings. The van der Waals surface area contributed by atoms with Gasteiger partial charge in [-0.05, 0) is 169 Å². The Hall–Kier alpha value is -5.38. The van der Waals surface area contributed by atoms with Crippen molar-refractivity contribution in [3.05, 3.63) is 29.3 Å². The maximum atomic E-state index is 13.8. The van der Waals surface area contributed by atoms with Crippen molar-refractivity contribution in [3.63, 3.8) is 0 Å². The fourth-order valence-corrected chi connectivity index (χ4v) is 10.3. The summed E-state index contributed by atoms with van der Waals surface area (Å²) < 4.78 is 103. The fraction of sp³-hybridized carbons (Fsp3) is 0.806. The maximum absolute atomic E-state index is 13.8. The van der Waals surface area contributed by atoms with Crippen molar-refractivity contribution in [3.8, 4) is 0 Å². The van der Waals surface area contributed by atoms with Gasteiger partial charge in [-0.1, -0.05) is 49.8 Å². The maximum Gasteiger partial charge on any atom is 0.410 e. The molecule has 0 aromatic heterocycles. The van der Waals surface area contributed by atoms with E-state index in [2.05, 4.69) is 0 Å². The minimum absolute atomic E-state index is 0.00300. The fourth-order valence-electron chi connectivity index (χ4n) is 8.20. The second-order valence-electron chi connectivity index (χ2n) is 27.8. The predicted octanol–water partition coefficient (Wildman–Crippen LogP) is 11.3. The van der Waals surface area contributed by atoms with Gasteiger partial charge >= 0.3 is 54.6 Å². The molecule has 0 aliphatic carbocycles. The van der Waals surface area contributed by atoms with E-state index in [1.165, 1.54) is 31.7 Å².